The number of hydroxylamine groups is 2. The molecule has 0 bridgehead atoms. The predicted molar refractivity (Wildman–Crippen MR) is 69.1 cm³/mol. The maximum Gasteiger partial charge on any atom is 0.230 e. The number of alkyl halides is 1. The molecule has 87 valence electrons. The Kier molecular flexibility index (Phi) is 3.67. The van der Waals surface area contributed by atoms with E-state index < -0.39 is 11.1 Å². The van der Waals surface area contributed by atoms with Crippen LogP contribution in [0.4, 0.5) is 0 Å². The first-order valence-electron chi connectivity index (χ1n) is 5.04. The summed E-state index contributed by atoms with van der Waals surface area (Å²) in [6.07, 6.45) is 0.700. The van der Waals surface area contributed by atoms with Crippen molar-refractivity contribution in [2.75, 3.05) is 4.43 Å². The van der Waals surface area contributed by atoms with Crippen molar-refractivity contribution in [1.82, 2.24) is 10.4 Å². The molecule has 1 unspecified atom stereocenters. The van der Waals surface area contributed by atoms with Gasteiger partial charge in [0.05, 0.1) is 10.5 Å². The third-order valence-corrected chi connectivity index (χ3v) is 3.78. The van der Waals surface area contributed by atoms with Crippen LogP contribution in [0, 0.1) is 5.21 Å². The molecule has 1 saturated heterocycles. The quantitative estimate of drug-likeness (QED) is 0.362. The number of amides is 1. The summed E-state index contributed by atoms with van der Waals surface area (Å²) in [6.45, 7) is 7.59. The van der Waals surface area contributed by atoms with Gasteiger partial charge in [-0.05, 0) is 27.7 Å². The number of nitrogens with zero attached hydrogens (tertiary/aromatic N) is 1. The minimum Gasteiger partial charge on any atom is -0.581 e. The first-order valence-corrected chi connectivity index (χ1v) is 6.57. The van der Waals surface area contributed by atoms with E-state index >= 15 is 0 Å². The van der Waals surface area contributed by atoms with Crippen LogP contribution >= 0.6 is 22.6 Å². The molecule has 0 aromatic rings. The van der Waals surface area contributed by atoms with Gasteiger partial charge in [-0.3, -0.25) is 4.79 Å². The SMILES string of the molecule is CC1(C)CC(NC(=O)CI)C(C)(C)[N+]1[O-]. The molecule has 1 rings (SSSR count). The molecule has 1 atom stereocenters. The molecule has 0 aliphatic carbocycles. The highest BCUT2D eigenvalue weighted by molar-refractivity contribution is 14.1. The fraction of sp³-hybridized carbons (Fsp3) is 0.900. The normalized spacial score (nSPS) is 29.1. The molecule has 1 N–H and O–H groups in total. The van der Waals surface area contributed by atoms with Crippen LogP contribution < -0.4 is 10.4 Å². The van der Waals surface area contributed by atoms with Gasteiger partial charge in [-0.2, -0.15) is 5.06 Å². The lowest BCUT2D eigenvalue weighted by atomic mass is 9.94. The highest BCUT2D eigenvalue weighted by Gasteiger charge is 2.56. The minimum absolute atomic E-state index is 0.000208. The molecular weight excluding hydrogens is 307 g/mol. The standard InChI is InChI=1S/C10H18IN2O2/c1-9(2)5-7(12-8(14)6-11)10(3,4)13(9)15/h7H,5-6H2,1-4H3,(H,12,14). The largest absolute Gasteiger partial charge is 0.581 e. The molecule has 0 spiro atoms. The molecule has 1 aliphatic heterocycles. The number of nitrogens with one attached hydrogen (secondary N) is 1. The van der Waals surface area contributed by atoms with Gasteiger partial charge in [0.15, 0.2) is 5.54 Å². The van der Waals surface area contributed by atoms with E-state index in [1.807, 2.05) is 50.3 Å². The summed E-state index contributed by atoms with van der Waals surface area (Å²) in [5.41, 5.74) is -0.919. The Morgan fingerprint density at radius 3 is 2.40 bits per heavy atom. The zero-order chi connectivity index (χ0) is 11.9. The van der Waals surface area contributed by atoms with Crippen LogP contribution in [0.2, 0.25) is 0 Å². The number of hydrogen-bond acceptors (Lipinski definition) is 3. The summed E-state index contributed by atoms with van der Waals surface area (Å²) in [5.74, 6) is -0.000208. The number of carbonyl (C=O) groups is 1. The first-order chi connectivity index (χ1) is 6.71. The fourth-order valence-electron chi connectivity index (χ4n) is 2.21. The van der Waals surface area contributed by atoms with E-state index in [0.29, 0.717) is 10.8 Å². The Labute approximate surface area is 104 Å². The van der Waals surface area contributed by atoms with Crippen LogP contribution in [0.3, 0.4) is 0 Å². The average molecular weight is 325 g/mol. The first kappa shape index (κ1) is 13.2. The van der Waals surface area contributed by atoms with Gasteiger partial charge in [0.25, 0.3) is 0 Å². The van der Waals surface area contributed by atoms with Crippen LogP contribution in [0.15, 0.2) is 0 Å². The van der Waals surface area contributed by atoms with Gasteiger partial charge in [0, 0.05) is 6.42 Å². The van der Waals surface area contributed by atoms with E-state index in [1.54, 1.807) is 0 Å². The van der Waals surface area contributed by atoms with Crippen molar-refractivity contribution < 1.29 is 4.79 Å². The smallest absolute Gasteiger partial charge is 0.230 e. The van der Waals surface area contributed by atoms with Crippen LogP contribution in [0.1, 0.15) is 34.1 Å². The Morgan fingerprint density at radius 2 is 2.07 bits per heavy atom. The summed E-state index contributed by atoms with van der Waals surface area (Å²) >= 11 is 2.02. The molecule has 1 amide bonds. The molecule has 15 heavy (non-hydrogen) atoms. The van der Waals surface area contributed by atoms with Gasteiger partial charge in [0.1, 0.15) is 5.54 Å². The van der Waals surface area contributed by atoms with E-state index in [2.05, 4.69) is 5.32 Å². The fourth-order valence-corrected chi connectivity index (χ4v) is 2.43. The molecule has 1 radical (unpaired) electrons. The van der Waals surface area contributed by atoms with Crippen LogP contribution in [0.5, 0.6) is 0 Å². The van der Waals surface area contributed by atoms with Crippen molar-refractivity contribution in [3.63, 3.8) is 0 Å². The summed E-state index contributed by atoms with van der Waals surface area (Å²) in [6, 6.07) is -0.0627. The number of hydrogen-bond donors (Lipinski definition) is 1. The Morgan fingerprint density at radius 1 is 1.53 bits per heavy atom. The van der Waals surface area contributed by atoms with Crippen LogP contribution in [0.25, 0.3) is 0 Å². The third kappa shape index (κ3) is 2.45. The molecule has 4 nitrogen and oxygen atoms in total. The van der Waals surface area contributed by atoms with Crippen molar-refractivity contribution in [3.05, 3.63) is 5.21 Å². The van der Waals surface area contributed by atoms with Gasteiger partial charge in [-0.15, -0.1) is 0 Å². The number of carbonyl (C=O) groups excluding carboxylic acids is 1. The van der Waals surface area contributed by atoms with Crippen LogP contribution in [-0.2, 0) is 4.79 Å². The Hall–Kier alpha value is 0.120. The summed E-state index contributed by atoms with van der Waals surface area (Å²) in [4.78, 5) is 11.3. The van der Waals surface area contributed by atoms with E-state index in [0.717, 1.165) is 5.06 Å². The van der Waals surface area contributed by atoms with Crippen molar-refractivity contribution in [1.29, 1.82) is 0 Å². The van der Waals surface area contributed by atoms with E-state index in [9.17, 15) is 10.0 Å². The molecular formula is C10H18IN2O2. The van der Waals surface area contributed by atoms with Crippen molar-refractivity contribution in [2.45, 2.75) is 51.2 Å². The second kappa shape index (κ2) is 4.18. The van der Waals surface area contributed by atoms with Gasteiger partial charge < -0.3 is 10.5 Å². The average Bonchev–Trinajstić information content (AvgIpc) is 2.27. The maximum absolute atomic E-state index is 12.0. The zero-order valence-electron chi connectivity index (χ0n) is 9.63. The van der Waals surface area contributed by atoms with Gasteiger partial charge in [-0.1, -0.05) is 22.6 Å². The molecule has 0 aromatic heterocycles. The molecule has 5 heteroatoms. The highest BCUT2D eigenvalue weighted by atomic mass is 127. The monoisotopic (exact) mass is 325 g/mol. The summed E-state index contributed by atoms with van der Waals surface area (Å²) in [5, 5.41) is 16.0. The van der Waals surface area contributed by atoms with Crippen molar-refractivity contribution >= 4 is 28.5 Å². The predicted octanol–water partition coefficient (Wildman–Crippen LogP) is 1.50. The van der Waals surface area contributed by atoms with E-state index in [1.165, 1.54) is 0 Å². The van der Waals surface area contributed by atoms with Gasteiger partial charge in [0.2, 0.25) is 5.91 Å². The highest BCUT2D eigenvalue weighted by Crippen LogP contribution is 2.37. The molecule has 1 aliphatic rings. The summed E-state index contributed by atoms with van der Waals surface area (Å²) < 4.78 is 0.434. The molecule has 0 saturated carbocycles. The zero-order valence-corrected chi connectivity index (χ0v) is 11.8. The van der Waals surface area contributed by atoms with Gasteiger partial charge in [-0.25, -0.2) is 0 Å². The second-order valence-corrected chi connectivity index (χ2v) is 5.98. The topological polar surface area (TPSA) is 58.1 Å². The van der Waals surface area contributed by atoms with E-state index in [4.69, 9.17) is 0 Å². The van der Waals surface area contributed by atoms with Crippen LogP contribution in [-0.4, -0.2) is 27.5 Å². The number of halogens is 1. The second-order valence-electron chi connectivity index (χ2n) is 5.22. The number of rotatable bonds is 2. The minimum atomic E-state index is -0.523. The summed E-state index contributed by atoms with van der Waals surface area (Å²) in [7, 11) is 0. The van der Waals surface area contributed by atoms with Gasteiger partial charge >= 0.3 is 0 Å². The lowest BCUT2D eigenvalue weighted by Gasteiger charge is -2.33. The Bertz CT molecular complexity index is 266. The maximum atomic E-state index is 12.0. The lowest BCUT2D eigenvalue weighted by Crippen LogP contribution is -2.55. The molecule has 1 fully saturated rings. The Balaban J connectivity index is 2.80. The lowest BCUT2D eigenvalue weighted by molar-refractivity contribution is -0.119. The van der Waals surface area contributed by atoms with Crippen molar-refractivity contribution in [2.24, 2.45) is 0 Å². The van der Waals surface area contributed by atoms with Crippen molar-refractivity contribution in [3.8, 4) is 0 Å². The van der Waals surface area contributed by atoms with E-state index in [-0.39, 0.29) is 11.9 Å². The third-order valence-electron chi connectivity index (χ3n) is 3.09. The molecule has 0 aromatic carbocycles. The molecule has 1 heterocycles.